The summed E-state index contributed by atoms with van der Waals surface area (Å²) in [6.07, 6.45) is 4.14. The van der Waals surface area contributed by atoms with Crippen LogP contribution in [0.2, 0.25) is 0 Å². The fraction of sp³-hybridized carbons (Fsp3) is 0.474. The maximum atomic E-state index is 9.14. The topological polar surface area (TPSA) is 72.2 Å². The van der Waals surface area contributed by atoms with Crippen LogP contribution in [-0.4, -0.2) is 54.7 Å². The van der Waals surface area contributed by atoms with Gasteiger partial charge >= 0.3 is 0 Å². The molecule has 0 aromatic carbocycles. The number of piperidine rings is 1. The summed E-state index contributed by atoms with van der Waals surface area (Å²) < 4.78 is 0. The van der Waals surface area contributed by atoms with E-state index in [4.69, 9.17) is 10.2 Å². The Labute approximate surface area is 153 Å². The Balaban J connectivity index is 1.57. The predicted molar refractivity (Wildman–Crippen MR) is 101 cm³/mol. The summed E-state index contributed by atoms with van der Waals surface area (Å²) in [5.74, 6) is 3.28. The van der Waals surface area contributed by atoms with Gasteiger partial charge in [-0.25, -0.2) is 9.97 Å². The molecule has 0 radical (unpaired) electrons. The molecule has 26 heavy (non-hydrogen) atoms. The SMILES string of the molecule is CN(C)c1ccnc(N2CCC3CCN(c4cccc(C#N)n4)C3C2)n1. The highest BCUT2D eigenvalue weighted by molar-refractivity contribution is 5.47. The molecule has 2 aliphatic heterocycles. The molecular formula is C19H23N7. The summed E-state index contributed by atoms with van der Waals surface area (Å²) in [5.41, 5.74) is 0.473. The highest BCUT2D eigenvalue weighted by Gasteiger charge is 2.39. The summed E-state index contributed by atoms with van der Waals surface area (Å²) in [5, 5.41) is 9.14. The molecule has 2 fully saturated rings. The predicted octanol–water partition coefficient (Wildman–Crippen LogP) is 1.91. The van der Waals surface area contributed by atoms with E-state index in [1.54, 1.807) is 6.07 Å². The molecule has 0 aliphatic carbocycles. The molecule has 134 valence electrons. The number of aromatic nitrogens is 3. The van der Waals surface area contributed by atoms with Crippen LogP contribution in [0, 0.1) is 17.2 Å². The van der Waals surface area contributed by atoms with E-state index in [1.165, 1.54) is 6.42 Å². The van der Waals surface area contributed by atoms with Crippen molar-refractivity contribution in [1.29, 1.82) is 5.26 Å². The molecule has 4 rings (SSSR count). The van der Waals surface area contributed by atoms with E-state index in [0.717, 1.165) is 43.6 Å². The number of rotatable bonds is 3. The van der Waals surface area contributed by atoms with E-state index >= 15 is 0 Å². The summed E-state index contributed by atoms with van der Waals surface area (Å²) in [7, 11) is 3.98. The van der Waals surface area contributed by atoms with Gasteiger partial charge in [-0.1, -0.05) is 6.07 Å². The van der Waals surface area contributed by atoms with Crippen LogP contribution in [0.15, 0.2) is 30.5 Å². The minimum absolute atomic E-state index is 0.386. The molecule has 0 amide bonds. The van der Waals surface area contributed by atoms with Crippen molar-refractivity contribution in [2.24, 2.45) is 5.92 Å². The molecule has 2 saturated heterocycles. The van der Waals surface area contributed by atoms with Crippen molar-refractivity contribution < 1.29 is 0 Å². The molecule has 0 N–H and O–H groups in total. The molecule has 0 bridgehead atoms. The molecule has 2 unspecified atom stereocenters. The van der Waals surface area contributed by atoms with Crippen molar-refractivity contribution in [2.75, 3.05) is 48.4 Å². The minimum atomic E-state index is 0.386. The van der Waals surface area contributed by atoms with E-state index in [1.807, 2.05) is 43.4 Å². The van der Waals surface area contributed by atoms with E-state index in [0.29, 0.717) is 17.7 Å². The van der Waals surface area contributed by atoms with Crippen molar-refractivity contribution >= 4 is 17.6 Å². The van der Waals surface area contributed by atoms with Gasteiger partial charge in [0.05, 0.1) is 6.04 Å². The highest BCUT2D eigenvalue weighted by Crippen LogP contribution is 2.35. The van der Waals surface area contributed by atoms with Crippen LogP contribution in [0.1, 0.15) is 18.5 Å². The third kappa shape index (κ3) is 3.03. The number of hydrogen-bond acceptors (Lipinski definition) is 7. The van der Waals surface area contributed by atoms with Gasteiger partial charge in [-0.05, 0) is 37.0 Å². The van der Waals surface area contributed by atoms with E-state index < -0.39 is 0 Å². The fourth-order valence-corrected chi connectivity index (χ4v) is 3.99. The van der Waals surface area contributed by atoms with Crippen LogP contribution in [0.25, 0.3) is 0 Å². The average molecular weight is 349 g/mol. The molecule has 2 atom stereocenters. The van der Waals surface area contributed by atoms with Crippen molar-refractivity contribution in [3.8, 4) is 6.07 Å². The van der Waals surface area contributed by atoms with Gasteiger partial charge in [0.1, 0.15) is 23.4 Å². The number of fused-ring (bicyclic) bond motifs is 1. The van der Waals surface area contributed by atoms with Crippen LogP contribution >= 0.6 is 0 Å². The Morgan fingerprint density at radius 2 is 2.00 bits per heavy atom. The van der Waals surface area contributed by atoms with Gasteiger partial charge in [-0.2, -0.15) is 10.2 Å². The lowest BCUT2D eigenvalue weighted by Gasteiger charge is -2.39. The second kappa shape index (κ2) is 6.79. The smallest absolute Gasteiger partial charge is 0.227 e. The van der Waals surface area contributed by atoms with Crippen LogP contribution in [0.5, 0.6) is 0 Å². The Hall–Kier alpha value is -2.88. The van der Waals surface area contributed by atoms with Gasteiger partial charge in [-0.15, -0.1) is 0 Å². The normalized spacial score (nSPS) is 22.0. The summed E-state index contributed by atoms with van der Waals surface area (Å²) in [6.45, 7) is 2.86. The molecule has 4 heterocycles. The third-order valence-electron chi connectivity index (χ3n) is 5.37. The van der Waals surface area contributed by atoms with E-state index in [2.05, 4.69) is 25.8 Å². The second-order valence-corrected chi connectivity index (χ2v) is 7.15. The Kier molecular flexibility index (Phi) is 4.33. The van der Waals surface area contributed by atoms with Crippen molar-refractivity contribution in [3.05, 3.63) is 36.2 Å². The number of anilines is 3. The molecule has 0 saturated carbocycles. The Morgan fingerprint density at radius 1 is 1.15 bits per heavy atom. The lowest BCUT2D eigenvalue weighted by Crippen LogP contribution is -2.49. The maximum absolute atomic E-state index is 9.14. The maximum Gasteiger partial charge on any atom is 0.227 e. The minimum Gasteiger partial charge on any atom is -0.363 e. The van der Waals surface area contributed by atoms with E-state index in [-0.39, 0.29) is 0 Å². The Bertz CT molecular complexity index is 829. The second-order valence-electron chi connectivity index (χ2n) is 7.15. The summed E-state index contributed by atoms with van der Waals surface area (Å²) >= 11 is 0. The van der Waals surface area contributed by atoms with Gasteiger partial charge in [0.15, 0.2) is 0 Å². The third-order valence-corrected chi connectivity index (χ3v) is 5.37. The van der Waals surface area contributed by atoms with Crippen LogP contribution in [0.4, 0.5) is 17.6 Å². The first-order valence-electron chi connectivity index (χ1n) is 9.05. The zero-order valence-electron chi connectivity index (χ0n) is 15.2. The average Bonchev–Trinajstić information content (AvgIpc) is 3.11. The molecule has 7 nitrogen and oxygen atoms in total. The van der Waals surface area contributed by atoms with Gasteiger partial charge in [0.2, 0.25) is 5.95 Å². The number of pyridine rings is 1. The molecular weight excluding hydrogens is 326 g/mol. The summed E-state index contributed by atoms with van der Waals surface area (Å²) in [4.78, 5) is 20.3. The van der Waals surface area contributed by atoms with Crippen LogP contribution in [0.3, 0.4) is 0 Å². The zero-order valence-corrected chi connectivity index (χ0v) is 15.2. The van der Waals surface area contributed by atoms with E-state index in [9.17, 15) is 0 Å². The summed E-state index contributed by atoms with van der Waals surface area (Å²) in [6, 6.07) is 10.1. The number of nitriles is 1. The van der Waals surface area contributed by atoms with Crippen LogP contribution < -0.4 is 14.7 Å². The Morgan fingerprint density at radius 3 is 2.81 bits per heavy atom. The van der Waals surface area contributed by atoms with Crippen molar-refractivity contribution in [3.63, 3.8) is 0 Å². The van der Waals surface area contributed by atoms with Gasteiger partial charge in [0.25, 0.3) is 0 Å². The molecule has 2 aromatic heterocycles. The number of hydrogen-bond donors (Lipinski definition) is 0. The molecule has 7 heteroatoms. The monoisotopic (exact) mass is 349 g/mol. The van der Waals surface area contributed by atoms with Crippen molar-refractivity contribution in [1.82, 2.24) is 15.0 Å². The van der Waals surface area contributed by atoms with Gasteiger partial charge in [0, 0.05) is 39.9 Å². The molecule has 2 aliphatic rings. The first-order chi connectivity index (χ1) is 12.7. The molecule has 0 spiro atoms. The number of nitrogens with zero attached hydrogens (tertiary/aromatic N) is 7. The first kappa shape index (κ1) is 16.6. The van der Waals surface area contributed by atoms with Gasteiger partial charge in [-0.3, -0.25) is 0 Å². The largest absolute Gasteiger partial charge is 0.363 e. The quantitative estimate of drug-likeness (QED) is 0.838. The molecule has 2 aromatic rings. The zero-order chi connectivity index (χ0) is 18.1. The highest BCUT2D eigenvalue weighted by atomic mass is 15.3. The fourth-order valence-electron chi connectivity index (χ4n) is 3.99. The first-order valence-corrected chi connectivity index (χ1v) is 9.05. The standard InChI is InChI=1S/C19H23N7/c1-24(2)17-6-9-21-19(23-17)25-10-7-14-8-11-26(16(14)13-25)18-5-3-4-15(12-20)22-18/h3-6,9,14,16H,7-8,10-11,13H2,1-2H3. The van der Waals surface area contributed by atoms with Crippen LogP contribution in [-0.2, 0) is 0 Å². The lowest BCUT2D eigenvalue weighted by molar-refractivity contribution is 0.387. The van der Waals surface area contributed by atoms with Crippen molar-refractivity contribution in [2.45, 2.75) is 18.9 Å². The lowest BCUT2D eigenvalue weighted by atomic mass is 9.92. The van der Waals surface area contributed by atoms with Gasteiger partial charge < -0.3 is 14.7 Å².